The first-order valence-corrected chi connectivity index (χ1v) is 11.9. The van der Waals surface area contributed by atoms with Gasteiger partial charge in [0.05, 0.1) is 13.2 Å². The van der Waals surface area contributed by atoms with Crippen LogP contribution < -0.4 is 5.32 Å². The van der Waals surface area contributed by atoms with Gasteiger partial charge in [0.25, 0.3) is 0 Å². The molecule has 0 bridgehead atoms. The molecule has 6 nitrogen and oxygen atoms in total. The van der Waals surface area contributed by atoms with Crippen LogP contribution in [0.5, 0.6) is 0 Å². The minimum atomic E-state index is -0.932. The van der Waals surface area contributed by atoms with Gasteiger partial charge in [0.1, 0.15) is 6.61 Å². The van der Waals surface area contributed by atoms with Crippen molar-refractivity contribution < 1.29 is 24.2 Å². The summed E-state index contributed by atoms with van der Waals surface area (Å²) in [4.78, 5) is 22.7. The number of carbonyl (C=O) groups excluding carboxylic acids is 1. The lowest BCUT2D eigenvalue weighted by atomic mass is 9.83. The van der Waals surface area contributed by atoms with Crippen molar-refractivity contribution in [1.82, 2.24) is 5.32 Å². The van der Waals surface area contributed by atoms with E-state index < -0.39 is 5.97 Å². The fourth-order valence-electron chi connectivity index (χ4n) is 4.52. The Kier molecular flexibility index (Phi) is 10.2. The van der Waals surface area contributed by atoms with E-state index in [2.05, 4.69) is 53.8 Å². The average Bonchev–Trinajstić information content (AvgIpc) is 2.84. The van der Waals surface area contributed by atoms with E-state index >= 15 is 0 Å². The molecule has 0 aromatic heterocycles. The Labute approximate surface area is 196 Å². The van der Waals surface area contributed by atoms with Gasteiger partial charge in [-0.1, -0.05) is 60.7 Å². The van der Waals surface area contributed by atoms with E-state index in [1.165, 1.54) is 11.1 Å². The molecule has 0 spiro atoms. The third-order valence-corrected chi connectivity index (χ3v) is 6.34. The summed E-state index contributed by atoms with van der Waals surface area (Å²) in [6.07, 6.45) is 5.38. The maximum Gasteiger partial charge on any atom is 0.407 e. The van der Waals surface area contributed by atoms with Crippen molar-refractivity contribution in [3.8, 4) is 0 Å². The van der Waals surface area contributed by atoms with Crippen LogP contribution in [0.25, 0.3) is 0 Å². The number of hydrogen-bond acceptors (Lipinski definition) is 4. The van der Waals surface area contributed by atoms with Gasteiger partial charge in [0.2, 0.25) is 0 Å². The van der Waals surface area contributed by atoms with Crippen molar-refractivity contribution in [2.45, 2.75) is 44.4 Å². The van der Waals surface area contributed by atoms with Crippen molar-refractivity contribution in [1.29, 1.82) is 0 Å². The van der Waals surface area contributed by atoms with Crippen molar-refractivity contribution in [3.63, 3.8) is 0 Å². The Bertz CT molecular complexity index is 795. The van der Waals surface area contributed by atoms with E-state index in [9.17, 15) is 9.59 Å². The molecular formula is C27H35NO5. The molecule has 3 rings (SSSR count). The van der Waals surface area contributed by atoms with Gasteiger partial charge in [-0.3, -0.25) is 0 Å². The second kappa shape index (κ2) is 13.6. The first-order valence-electron chi connectivity index (χ1n) is 11.9. The van der Waals surface area contributed by atoms with Crippen LogP contribution in [-0.2, 0) is 14.3 Å². The highest BCUT2D eigenvalue weighted by molar-refractivity contribution is 5.68. The summed E-state index contributed by atoms with van der Waals surface area (Å²) in [7, 11) is 0. The molecule has 1 aliphatic carbocycles. The summed E-state index contributed by atoms with van der Waals surface area (Å²) < 4.78 is 10.6. The summed E-state index contributed by atoms with van der Waals surface area (Å²) >= 11 is 0. The molecule has 0 saturated heterocycles. The number of aliphatic carboxylic acids is 1. The van der Waals surface area contributed by atoms with Gasteiger partial charge in [0, 0.05) is 12.5 Å². The molecule has 1 amide bonds. The molecule has 2 N–H and O–H groups in total. The van der Waals surface area contributed by atoms with Crippen LogP contribution in [0.15, 0.2) is 60.7 Å². The van der Waals surface area contributed by atoms with Crippen LogP contribution in [0.4, 0.5) is 4.79 Å². The van der Waals surface area contributed by atoms with Crippen molar-refractivity contribution in [3.05, 3.63) is 71.8 Å². The maximum atomic E-state index is 12.1. The highest BCUT2D eigenvalue weighted by atomic mass is 16.5. The molecule has 1 aliphatic rings. The Morgan fingerprint density at radius 2 is 1.42 bits per heavy atom. The number of benzene rings is 2. The number of hydrogen-bond donors (Lipinski definition) is 2. The number of carboxylic acid groups (broad SMARTS) is 1. The SMILES string of the molecule is O=C(O)COC[C@H]1CC[C@H](COC(=O)NCCCC(c2ccccc2)c2ccccc2)CC1. The Balaban J connectivity index is 1.32. The van der Waals surface area contributed by atoms with E-state index in [1.54, 1.807) is 0 Å². The van der Waals surface area contributed by atoms with E-state index in [1.807, 2.05) is 12.1 Å². The van der Waals surface area contributed by atoms with Crippen LogP contribution in [0.2, 0.25) is 0 Å². The molecule has 1 fully saturated rings. The molecule has 0 unspecified atom stereocenters. The number of nitrogens with one attached hydrogen (secondary N) is 1. The lowest BCUT2D eigenvalue weighted by molar-refractivity contribution is -0.142. The van der Waals surface area contributed by atoms with Crippen LogP contribution in [0.3, 0.4) is 0 Å². The number of carbonyl (C=O) groups is 2. The highest BCUT2D eigenvalue weighted by Gasteiger charge is 2.22. The van der Waals surface area contributed by atoms with E-state index in [0.29, 0.717) is 37.5 Å². The number of ether oxygens (including phenoxy) is 2. The molecule has 33 heavy (non-hydrogen) atoms. The van der Waals surface area contributed by atoms with Crippen molar-refractivity contribution in [2.24, 2.45) is 11.8 Å². The highest BCUT2D eigenvalue weighted by Crippen LogP contribution is 2.30. The first kappa shape index (κ1) is 24.8. The Hall–Kier alpha value is -2.86. The minimum Gasteiger partial charge on any atom is -0.480 e. The number of amides is 1. The maximum absolute atomic E-state index is 12.1. The zero-order valence-electron chi connectivity index (χ0n) is 19.2. The van der Waals surface area contributed by atoms with Gasteiger partial charge in [-0.15, -0.1) is 0 Å². The molecule has 178 valence electrons. The summed E-state index contributed by atoms with van der Waals surface area (Å²) in [6.45, 7) is 1.28. The van der Waals surface area contributed by atoms with Gasteiger partial charge in [0.15, 0.2) is 0 Å². The van der Waals surface area contributed by atoms with Gasteiger partial charge in [-0.05, 0) is 61.5 Å². The smallest absolute Gasteiger partial charge is 0.407 e. The van der Waals surface area contributed by atoms with Crippen molar-refractivity contribution >= 4 is 12.1 Å². The molecule has 2 aromatic rings. The zero-order chi connectivity index (χ0) is 23.3. The third-order valence-electron chi connectivity index (χ3n) is 6.34. The summed E-state index contributed by atoms with van der Waals surface area (Å²) in [6, 6.07) is 21.0. The normalized spacial score (nSPS) is 18.1. The van der Waals surface area contributed by atoms with Crippen molar-refractivity contribution in [2.75, 3.05) is 26.4 Å². The van der Waals surface area contributed by atoms with Crippen LogP contribution in [0, 0.1) is 11.8 Å². The lowest BCUT2D eigenvalue weighted by Gasteiger charge is -2.27. The monoisotopic (exact) mass is 453 g/mol. The largest absolute Gasteiger partial charge is 0.480 e. The van der Waals surface area contributed by atoms with Crippen LogP contribution in [-0.4, -0.2) is 43.5 Å². The van der Waals surface area contributed by atoms with Gasteiger partial charge in [-0.25, -0.2) is 9.59 Å². The van der Waals surface area contributed by atoms with Crippen LogP contribution >= 0.6 is 0 Å². The number of carboxylic acids is 1. The molecular weight excluding hydrogens is 418 g/mol. The standard InChI is InChI=1S/C27H35NO5/c29-26(30)20-32-18-21-13-15-22(16-14-21)19-33-27(31)28-17-7-12-25(23-8-3-1-4-9-23)24-10-5-2-6-11-24/h1-6,8-11,21-22,25H,7,12-20H2,(H,28,31)(H,29,30)/t21-,22-. The van der Waals surface area contributed by atoms with Gasteiger partial charge >= 0.3 is 12.1 Å². The van der Waals surface area contributed by atoms with E-state index in [4.69, 9.17) is 14.6 Å². The lowest BCUT2D eigenvalue weighted by Crippen LogP contribution is -2.29. The van der Waals surface area contributed by atoms with E-state index in [-0.39, 0.29) is 12.7 Å². The quantitative estimate of drug-likeness (QED) is 0.430. The summed E-state index contributed by atoms with van der Waals surface area (Å²) in [5, 5.41) is 11.5. The average molecular weight is 454 g/mol. The predicted octanol–water partition coefficient (Wildman–Crippen LogP) is 5.23. The fourth-order valence-corrected chi connectivity index (χ4v) is 4.52. The third kappa shape index (κ3) is 8.89. The molecule has 6 heteroatoms. The zero-order valence-corrected chi connectivity index (χ0v) is 19.2. The predicted molar refractivity (Wildman–Crippen MR) is 127 cm³/mol. The Morgan fingerprint density at radius 3 is 1.97 bits per heavy atom. The first-order chi connectivity index (χ1) is 16.1. The Morgan fingerprint density at radius 1 is 0.879 bits per heavy atom. The minimum absolute atomic E-state index is 0.235. The molecule has 0 radical (unpaired) electrons. The van der Waals surface area contributed by atoms with Gasteiger partial charge in [-0.2, -0.15) is 0 Å². The topological polar surface area (TPSA) is 84.9 Å². The fraction of sp³-hybridized carbons (Fsp3) is 0.481. The second-order valence-electron chi connectivity index (χ2n) is 8.84. The summed E-state index contributed by atoms with van der Waals surface area (Å²) in [5.74, 6) is 0.141. The second-order valence-corrected chi connectivity index (χ2v) is 8.84. The van der Waals surface area contributed by atoms with Gasteiger partial charge < -0.3 is 19.9 Å². The molecule has 1 saturated carbocycles. The number of alkyl carbamates (subject to hydrolysis) is 1. The summed E-state index contributed by atoms with van der Waals surface area (Å²) in [5.41, 5.74) is 2.57. The molecule has 2 aromatic carbocycles. The number of rotatable bonds is 12. The van der Waals surface area contributed by atoms with Crippen LogP contribution in [0.1, 0.15) is 55.6 Å². The molecule has 0 atom stereocenters. The van der Waals surface area contributed by atoms with E-state index in [0.717, 1.165) is 38.5 Å². The molecule has 0 aliphatic heterocycles. The molecule has 0 heterocycles.